The highest BCUT2D eigenvalue weighted by Crippen LogP contribution is 2.45. The molecule has 190 valence electrons. The topological polar surface area (TPSA) is 55.8 Å². The molecule has 2 unspecified atom stereocenters. The number of aryl methyl sites for hydroxylation is 2. The van der Waals surface area contributed by atoms with Crippen molar-refractivity contribution in [2.24, 2.45) is 5.92 Å². The minimum atomic E-state index is -0.347. The zero-order chi connectivity index (χ0) is 25.7. The fourth-order valence-electron chi connectivity index (χ4n) is 6.60. The summed E-state index contributed by atoms with van der Waals surface area (Å²) < 4.78 is 25.5. The van der Waals surface area contributed by atoms with Crippen LogP contribution in [0.3, 0.4) is 0 Å². The Hall–Kier alpha value is -3.51. The van der Waals surface area contributed by atoms with Crippen molar-refractivity contribution in [3.8, 4) is 11.1 Å². The number of carbonyl (C=O) groups excluding carboxylic acids is 2. The number of benzene rings is 3. The largest absolute Gasteiger partial charge is 0.448 e. The molecule has 5 nitrogen and oxygen atoms in total. The smallest absolute Gasteiger partial charge is 0.410 e. The first-order chi connectivity index (χ1) is 17.9. The van der Waals surface area contributed by atoms with Crippen LogP contribution in [0.4, 0.5) is 9.18 Å². The first-order valence-corrected chi connectivity index (χ1v) is 12.9. The molecule has 3 aromatic rings. The summed E-state index contributed by atoms with van der Waals surface area (Å²) in [5, 5.41) is 0. The van der Waals surface area contributed by atoms with E-state index in [9.17, 15) is 14.0 Å². The van der Waals surface area contributed by atoms with Gasteiger partial charge in [0.25, 0.3) is 0 Å². The van der Waals surface area contributed by atoms with Gasteiger partial charge in [0, 0.05) is 17.4 Å². The maximum absolute atomic E-state index is 13.8. The molecule has 2 fully saturated rings. The van der Waals surface area contributed by atoms with Crippen molar-refractivity contribution in [3.63, 3.8) is 0 Å². The Kier molecular flexibility index (Phi) is 6.07. The molecule has 6 rings (SSSR count). The number of fused-ring (bicyclic) bond motifs is 5. The Bertz CT molecular complexity index is 1300. The van der Waals surface area contributed by atoms with Crippen molar-refractivity contribution in [3.05, 3.63) is 94.3 Å². The van der Waals surface area contributed by atoms with Crippen LogP contribution in [0.1, 0.15) is 51.4 Å². The number of ketones is 1. The third-order valence-corrected chi connectivity index (χ3v) is 8.18. The molecule has 0 saturated carbocycles. The predicted molar refractivity (Wildman–Crippen MR) is 138 cm³/mol. The Morgan fingerprint density at radius 2 is 1.46 bits per heavy atom. The molecule has 2 atom stereocenters. The average molecular weight is 500 g/mol. The highest BCUT2D eigenvalue weighted by molar-refractivity contribution is 6.00. The summed E-state index contributed by atoms with van der Waals surface area (Å²) in [6.07, 6.45) is 0.672. The molecule has 2 bridgehead atoms. The van der Waals surface area contributed by atoms with E-state index in [0.29, 0.717) is 42.7 Å². The summed E-state index contributed by atoms with van der Waals surface area (Å²) in [4.78, 5) is 28.7. The molecule has 0 aromatic heterocycles. The van der Waals surface area contributed by atoms with Crippen LogP contribution in [-0.2, 0) is 9.47 Å². The van der Waals surface area contributed by atoms with Gasteiger partial charge in [-0.15, -0.1) is 0 Å². The van der Waals surface area contributed by atoms with Crippen LogP contribution in [0.5, 0.6) is 0 Å². The molecule has 2 aliphatic heterocycles. The normalized spacial score (nSPS) is 22.4. The molecule has 0 N–H and O–H groups in total. The second-order valence-corrected chi connectivity index (χ2v) is 10.5. The van der Waals surface area contributed by atoms with Crippen LogP contribution >= 0.6 is 0 Å². The minimum Gasteiger partial charge on any atom is -0.448 e. The van der Waals surface area contributed by atoms with Gasteiger partial charge in [-0.1, -0.05) is 48.5 Å². The molecule has 1 amide bonds. The van der Waals surface area contributed by atoms with Gasteiger partial charge in [-0.05, 0) is 72.2 Å². The predicted octanol–water partition coefficient (Wildman–Crippen LogP) is 6.05. The number of rotatable bonds is 4. The second-order valence-electron chi connectivity index (χ2n) is 10.5. The van der Waals surface area contributed by atoms with Gasteiger partial charge in [0.05, 0.1) is 25.3 Å². The lowest BCUT2D eigenvalue weighted by Gasteiger charge is -2.47. The van der Waals surface area contributed by atoms with E-state index >= 15 is 0 Å². The fraction of sp³-hybridized carbons (Fsp3) is 0.355. The molecule has 37 heavy (non-hydrogen) atoms. The van der Waals surface area contributed by atoms with Crippen molar-refractivity contribution in [1.29, 1.82) is 0 Å². The van der Waals surface area contributed by atoms with Crippen LogP contribution in [0.15, 0.2) is 60.7 Å². The van der Waals surface area contributed by atoms with Crippen molar-refractivity contribution in [2.45, 2.75) is 44.7 Å². The maximum Gasteiger partial charge on any atom is 0.410 e. The monoisotopic (exact) mass is 499 g/mol. The average Bonchev–Trinajstić information content (AvgIpc) is 3.19. The molecule has 6 heteroatoms. The van der Waals surface area contributed by atoms with Crippen molar-refractivity contribution in [1.82, 2.24) is 4.90 Å². The molecule has 0 spiro atoms. The van der Waals surface area contributed by atoms with Gasteiger partial charge in [-0.3, -0.25) is 9.69 Å². The lowest BCUT2D eigenvalue weighted by atomic mass is 9.79. The summed E-state index contributed by atoms with van der Waals surface area (Å²) in [5.74, 6) is -0.545. The third-order valence-electron chi connectivity index (χ3n) is 8.18. The number of Topliss-reactive ketones (excluding diaryl/α,β-unsaturated/α-hetero) is 1. The lowest BCUT2D eigenvalue weighted by molar-refractivity contribution is -0.0747. The number of hydrogen-bond acceptors (Lipinski definition) is 4. The SMILES string of the molecule is Cc1cc(F)cc(C)c1C(=O)C1CC2COCC(C1)N2C(=O)OCC1c2ccccc2-c2ccccc21. The number of carbonyl (C=O) groups is 2. The molecule has 3 aromatic carbocycles. The molecule has 2 saturated heterocycles. The highest BCUT2D eigenvalue weighted by Gasteiger charge is 2.45. The number of amides is 1. The fourth-order valence-corrected chi connectivity index (χ4v) is 6.60. The number of hydrogen-bond donors (Lipinski definition) is 0. The lowest BCUT2D eigenvalue weighted by Crippen LogP contribution is -2.60. The zero-order valence-electron chi connectivity index (χ0n) is 21.1. The van der Waals surface area contributed by atoms with Crippen molar-refractivity contribution < 1.29 is 23.5 Å². The number of morpholine rings is 1. The van der Waals surface area contributed by atoms with E-state index in [2.05, 4.69) is 24.3 Å². The first kappa shape index (κ1) is 23.9. The van der Waals surface area contributed by atoms with Gasteiger partial charge in [-0.25, -0.2) is 9.18 Å². The van der Waals surface area contributed by atoms with Crippen molar-refractivity contribution >= 4 is 11.9 Å². The Balaban J connectivity index is 1.18. The minimum absolute atomic E-state index is 0.00372. The molecular weight excluding hydrogens is 469 g/mol. The number of nitrogens with zero attached hydrogens (tertiary/aromatic N) is 1. The third kappa shape index (κ3) is 4.13. The van der Waals surface area contributed by atoms with E-state index in [4.69, 9.17) is 9.47 Å². The standard InChI is InChI=1S/C31H30FNO4/c1-18-11-21(32)12-19(2)29(18)30(34)20-13-22-15-36-16-23(14-20)33(22)31(35)37-17-28-26-9-5-3-7-24(26)25-8-4-6-10-27(25)28/h3-12,20,22-23,28H,13-17H2,1-2H3. The van der Waals surface area contributed by atoms with E-state index in [1.165, 1.54) is 34.4 Å². The summed E-state index contributed by atoms with van der Waals surface area (Å²) in [6.45, 7) is 4.58. The van der Waals surface area contributed by atoms with Crippen LogP contribution in [0.25, 0.3) is 11.1 Å². The van der Waals surface area contributed by atoms with E-state index in [1.807, 2.05) is 24.3 Å². The Morgan fingerprint density at radius 3 is 2.03 bits per heavy atom. The number of piperidine rings is 1. The number of ether oxygens (including phenoxy) is 2. The van der Waals surface area contributed by atoms with E-state index in [1.54, 1.807) is 18.7 Å². The molecule has 2 heterocycles. The van der Waals surface area contributed by atoms with E-state index < -0.39 is 0 Å². The van der Waals surface area contributed by atoms with Crippen LogP contribution in [-0.4, -0.2) is 48.7 Å². The Labute approximate surface area is 216 Å². The molecule has 0 radical (unpaired) electrons. The summed E-state index contributed by atoms with van der Waals surface area (Å²) in [5.41, 5.74) is 6.64. The first-order valence-electron chi connectivity index (χ1n) is 12.9. The van der Waals surface area contributed by atoms with Crippen LogP contribution < -0.4 is 0 Å². The summed E-state index contributed by atoms with van der Waals surface area (Å²) in [7, 11) is 0. The summed E-state index contributed by atoms with van der Waals surface area (Å²) in [6, 6.07) is 18.9. The van der Waals surface area contributed by atoms with Gasteiger partial charge in [0.15, 0.2) is 5.78 Å². The Morgan fingerprint density at radius 1 is 0.919 bits per heavy atom. The second kappa shape index (κ2) is 9.42. The molecule has 1 aliphatic carbocycles. The zero-order valence-corrected chi connectivity index (χ0v) is 21.1. The van der Waals surface area contributed by atoms with Gasteiger partial charge in [0.1, 0.15) is 12.4 Å². The highest BCUT2D eigenvalue weighted by atomic mass is 19.1. The van der Waals surface area contributed by atoms with Gasteiger partial charge >= 0.3 is 6.09 Å². The molecular formula is C31H30FNO4. The van der Waals surface area contributed by atoms with Crippen LogP contribution in [0.2, 0.25) is 0 Å². The van der Waals surface area contributed by atoms with Gasteiger partial charge in [-0.2, -0.15) is 0 Å². The quantitative estimate of drug-likeness (QED) is 0.410. The number of halogens is 1. The van der Waals surface area contributed by atoms with Gasteiger partial charge in [0.2, 0.25) is 0 Å². The van der Waals surface area contributed by atoms with E-state index in [-0.39, 0.29) is 48.2 Å². The van der Waals surface area contributed by atoms with Crippen molar-refractivity contribution in [2.75, 3.05) is 19.8 Å². The summed E-state index contributed by atoms with van der Waals surface area (Å²) >= 11 is 0. The maximum atomic E-state index is 13.8. The van der Waals surface area contributed by atoms with E-state index in [0.717, 1.165) is 0 Å². The molecule has 3 aliphatic rings. The van der Waals surface area contributed by atoms with Gasteiger partial charge < -0.3 is 9.47 Å². The van der Waals surface area contributed by atoms with Crippen LogP contribution in [0, 0.1) is 25.6 Å².